The zero-order chi connectivity index (χ0) is 42.8. The summed E-state index contributed by atoms with van der Waals surface area (Å²) in [5.74, 6) is 0.841. The van der Waals surface area contributed by atoms with Crippen LogP contribution in [0.3, 0.4) is 0 Å². The van der Waals surface area contributed by atoms with E-state index in [-0.39, 0.29) is 5.75 Å². The number of pyridine rings is 1. The molecule has 298 valence electrons. The van der Waals surface area contributed by atoms with Crippen molar-refractivity contribution in [3.8, 4) is 22.6 Å². The number of hydrogen-bond donors (Lipinski definition) is 1. The monoisotopic (exact) mass is 813 g/mol. The lowest BCUT2D eigenvalue weighted by Gasteiger charge is -2.06. The Hall–Kier alpha value is -7.81. The molecule has 0 aliphatic rings. The second kappa shape index (κ2) is 25.4. The molecule has 0 bridgehead atoms. The lowest BCUT2D eigenvalue weighted by molar-refractivity contribution is 0.111. The maximum atomic E-state index is 10.6. The van der Waals surface area contributed by atoms with Crippen molar-refractivity contribution in [3.05, 3.63) is 233 Å². The number of fused-ring (bicyclic) bond motifs is 1. The third-order valence-corrected chi connectivity index (χ3v) is 8.48. The SMILES string of the molecule is O=Cc1ccc(-c2ccncc2)cc1.O=Cc1ccc(Cl)cc1.O=Cc1ccc2ccccc2c1.O=Cc1cccc(O)c1.O=Cc1cccc(OCc2ccccc2)c1. The van der Waals surface area contributed by atoms with E-state index in [1.807, 2.05) is 121 Å². The zero-order valence-corrected chi connectivity index (χ0v) is 33.0. The molecular weight excluding hydrogens is 774 g/mol. The summed E-state index contributed by atoms with van der Waals surface area (Å²) in [7, 11) is 0. The molecule has 1 heterocycles. The van der Waals surface area contributed by atoms with Crippen LogP contribution in [-0.4, -0.2) is 41.5 Å². The third kappa shape index (κ3) is 16.0. The first-order valence-electron chi connectivity index (χ1n) is 18.4. The Balaban J connectivity index is 0.000000168. The van der Waals surface area contributed by atoms with Crippen LogP contribution >= 0.6 is 11.6 Å². The molecule has 0 radical (unpaired) electrons. The van der Waals surface area contributed by atoms with Gasteiger partial charge >= 0.3 is 0 Å². The minimum atomic E-state index is 0.125. The molecule has 0 fully saturated rings. The van der Waals surface area contributed by atoms with E-state index in [4.69, 9.17) is 21.4 Å². The summed E-state index contributed by atoms with van der Waals surface area (Å²) in [6.07, 6.45) is 7.51. The van der Waals surface area contributed by atoms with E-state index in [0.717, 1.165) is 52.8 Å². The number of rotatable bonds is 9. The van der Waals surface area contributed by atoms with Gasteiger partial charge in [0.2, 0.25) is 0 Å². The molecule has 60 heavy (non-hydrogen) atoms. The maximum Gasteiger partial charge on any atom is 0.150 e. The van der Waals surface area contributed by atoms with Gasteiger partial charge in [0.15, 0.2) is 0 Å². The minimum Gasteiger partial charge on any atom is -0.508 e. The fourth-order valence-electron chi connectivity index (χ4n) is 5.14. The van der Waals surface area contributed by atoms with Gasteiger partial charge in [-0.1, -0.05) is 139 Å². The number of benzene rings is 7. The molecule has 8 rings (SSSR count). The summed E-state index contributed by atoms with van der Waals surface area (Å²) in [4.78, 5) is 55.5. The molecule has 0 spiro atoms. The van der Waals surface area contributed by atoms with Crippen LogP contribution in [0.15, 0.2) is 194 Å². The largest absolute Gasteiger partial charge is 0.508 e. The number of aldehydes is 5. The van der Waals surface area contributed by atoms with Crippen LogP contribution in [0.4, 0.5) is 0 Å². The van der Waals surface area contributed by atoms with Crippen LogP contribution in [0, 0.1) is 0 Å². The number of phenolic OH excluding ortho intramolecular Hbond substituents is 1. The molecule has 0 amide bonds. The summed E-state index contributed by atoms with van der Waals surface area (Å²) >= 11 is 5.55. The summed E-state index contributed by atoms with van der Waals surface area (Å²) in [5, 5.41) is 11.7. The average molecular weight is 814 g/mol. The molecule has 1 N–H and O–H groups in total. The number of hydrogen-bond acceptors (Lipinski definition) is 8. The van der Waals surface area contributed by atoms with Gasteiger partial charge in [0.05, 0.1) is 0 Å². The zero-order valence-electron chi connectivity index (χ0n) is 32.3. The van der Waals surface area contributed by atoms with Gasteiger partial charge in [0.25, 0.3) is 0 Å². The van der Waals surface area contributed by atoms with Crippen molar-refractivity contribution in [1.29, 1.82) is 0 Å². The molecule has 0 aliphatic carbocycles. The molecular formula is C51H40ClNO7. The number of nitrogens with zero attached hydrogens (tertiary/aromatic N) is 1. The van der Waals surface area contributed by atoms with Crippen molar-refractivity contribution in [1.82, 2.24) is 4.98 Å². The van der Waals surface area contributed by atoms with Gasteiger partial charge in [0, 0.05) is 45.2 Å². The van der Waals surface area contributed by atoms with Crippen molar-refractivity contribution in [3.63, 3.8) is 0 Å². The highest BCUT2D eigenvalue weighted by molar-refractivity contribution is 6.30. The lowest BCUT2D eigenvalue weighted by atomic mass is 10.1. The Kier molecular flexibility index (Phi) is 19.0. The quantitative estimate of drug-likeness (QED) is 0.143. The predicted molar refractivity (Wildman–Crippen MR) is 237 cm³/mol. The summed E-state index contributed by atoms with van der Waals surface area (Å²) in [6, 6.07) is 55.0. The Bertz CT molecular complexity index is 2550. The number of phenols is 1. The summed E-state index contributed by atoms with van der Waals surface area (Å²) in [5.41, 5.74) is 6.52. The molecule has 0 atom stereocenters. The Labute approximate surface area is 353 Å². The number of aromatic nitrogens is 1. The third-order valence-electron chi connectivity index (χ3n) is 8.22. The number of carbonyl (C=O) groups is 5. The number of aromatic hydroxyl groups is 1. The van der Waals surface area contributed by atoms with Gasteiger partial charge in [-0.05, 0) is 82.1 Å². The molecule has 0 saturated carbocycles. The molecule has 8 aromatic rings. The highest BCUT2D eigenvalue weighted by Gasteiger charge is 1.98. The lowest BCUT2D eigenvalue weighted by Crippen LogP contribution is -1.95. The van der Waals surface area contributed by atoms with Crippen molar-refractivity contribution in [2.24, 2.45) is 0 Å². The normalized spacial score (nSPS) is 9.55. The Morgan fingerprint density at radius 2 is 0.950 bits per heavy atom. The van der Waals surface area contributed by atoms with Crippen LogP contribution in [0.5, 0.6) is 11.5 Å². The van der Waals surface area contributed by atoms with E-state index in [1.54, 1.807) is 60.9 Å². The highest BCUT2D eigenvalue weighted by atomic mass is 35.5. The first kappa shape index (κ1) is 44.9. The number of halogens is 1. The molecule has 0 unspecified atom stereocenters. The van der Waals surface area contributed by atoms with E-state index in [2.05, 4.69) is 4.98 Å². The highest BCUT2D eigenvalue weighted by Crippen LogP contribution is 2.18. The molecule has 0 aliphatic heterocycles. The molecule has 0 saturated heterocycles. The van der Waals surface area contributed by atoms with Gasteiger partial charge in [-0.3, -0.25) is 29.0 Å². The van der Waals surface area contributed by atoms with E-state index in [1.165, 1.54) is 17.5 Å². The Morgan fingerprint density at radius 1 is 0.450 bits per heavy atom. The van der Waals surface area contributed by atoms with Gasteiger partial charge < -0.3 is 9.84 Å². The van der Waals surface area contributed by atoms with Crippen molar-refractivity contribution in [2.75, 3.05) is 0 Å². The number of ether oxygens (including phenoxy) is 1. The standard InChI is InChI=1S/C14H12O2.C12H9NO.C11H8O.C7H5ClO.C7H6O2/c15-10-13-7-4-8-14(9-13)16-11-12-5-2-1-3-6-12;14-9-10-1-3-11(4-2-10)12-5-7-13-8-6-12;12-8-9-5-6-10-3-1-2-4-11(10)7-9;8-7-3-1-6(5-9)2-4-7;8-5-6-2-1-3-7(9)4-6/h1-10H,11H2;1-9H;1-8H;1-5H;1-5,9H. The second-order valence-electron chi connectivity index (χ2n) is 12.5. The van der Waals surface area contributed by atoms with Crippen molar-refractivity contribution in [2.45, 2.75) is 6.61 Å². The van der Waals surface area contributed by atoms with E-state index < -0.39 is 0 Å². The maximum absolute atomic E-state index is 10.6. The predicted octanol–water partition coefficient (Wildman–Crippen LogP) is 11.6. The fraction of sp³-hybridized carbons (Fsp3) is 0.0196. The smallest absolute Gasteiger partial charge is 0.150 e. The van der Waals surface area contributed by atoms with E-state index in [9.17, 15) is 24.0 Å². The molecule has 9 heteroatoms. The molecule has 7 aromatic carbocycles. The first-order valence-corrected chi connectivity index (χ1v) is 18.8. The van der Waals surface area contributed by atoms with E-state index in [0.29, 0.717) is 45.9 Å². The Morgan fingerprint density at radius 3 is 1.53 bits per heavy atom. The van der Waals surface area contributed by atoms with Crippen LogP contribution in [0.2, 0.25) is 5.02 Å². The van der Waals surface area contributed by atoms with Gasteiger partial charge in [-0.15, -0.1) is 0 Å². The molecule has 1 aromatic heterocycles. The van der Waals surface area contributed by atoms with Crippen molar-refractivity contribution >= 4 is 53.8 Å². The average Bonchev–Trinajstić information content (AvgIpc) is 3.32. The summed E-state index contributed by atoms with van der Waals surface area (Å²) in [6.45, 7) is 0.517. The first-order chi connectivity index (χ1) is 29.3. The van der Waals surface area contributed by atoms with Gasteiger partial charge in [-0.25, -0.2) is 0 Å². The number of carbonyl (C=O) groups excluding carboxylic acids is 5. The fourth-order valence-corrected chi connectivity index (χ4v) is 5.26. The topological polar surface area (TPSA) is 128 Å². The summed E-state index contributed by atoms with van der Waals surface area (Å²) < 4.78 is 5.58. The van der Waals surface area contributed by atoms with Crippen LogP contribution in [0.1, 0.15) is 57.4 Å². The minimum absolute atomic E-state index is 0.125. The van der Waals surface area contributed by atoms with Crippen LogP contribution < -0.4 is 4.74 Å². The second-order valence-corrected chi connectivity index (χ2v) is 13.0. The van der Waals surface area contributed by atoms with Gasteiger partial charge in [0.1, 0.15) is 49.5 Å². The molecule has 8 nitrogen and oxygen atoms in total. The van der Waals surface area contributed by atoms with Crippen LogP contribution in [0.25, 0.3) is 21.9 Å². The van der Waals surface area contributed by atoms with Crippen LogP contribution in [-0.2, 0) is 6.61 Å². The van der Waals surface area contributed by atoms with Gasteiger partial charge in [-0.2, -0.15) is 0 Å². The van der Waals surface area contributed by atoms with E-state index >= 15 is 0 Å². The van der Waals surface area contributed by atoms with Crippen molar-refractivity contribution < 1.29 is 33.8 Å².